The first-order valence-corrected chi connectivity index (χ1v) is 6.11. The van der Waals surface area contributed by atoms with Crippen molar-refractivity contribution < 1.29 is 4.74 Å². The molecule has 16 heavy (non-hydrogen) atoms. The number of benzene rings is 1. The Labute approximate surface area is 98.0 Å². The molecule has 2 unspecified atom stereocenters. The van der Waals surface area contributed by atoms with Crippen molar-refractivity contribution in [2.24, 2.45) is 0 Å². The second-order valence-electron chi connectivity index (χ2n) is 4.80. The highest BCUT2D eigenvalue weighted by Crippen LogP contribution is 2.32. The molecule has 0 radical (unpaired) electrons. The number of hydrogen-bond acceptors (Lipinski definition) is 2. The summed E-state index contributed by atoms with van der Waals surface area (Å²) in [5.74, 6) is 1.01. The van der Waals surface area contributed by atoms with Gasteiger partial charge in [0, 0.05) is 17.6 Å². The maximum Gasteiger partial charge on any atom is 0.123 e. The summed E-state index contributed by atoms with van der Waals surface area (Å²) in [4.78, 5) is 0. The van der Waals surface area contributed by atoms with Crippen molar-refractivity contribution >= 4 is 0 Å². The van der Waals surface area contributed by atoms with Gasteiger partial charge in [0.1, 0.15) is 5.75 Å². The van der Waals surface area contributed by atoms with Crippen LogP contribution in [0.3, 0.4) is 0 Å². The van der Waals surface area contributed by atoms with E-state index in [1.807, 2.05) is 0 Å². The lowest BCUT2D eigenvalue weighted by Gasteiger charge is -2.30. The van der Waals surface area contributed by atoms with Crippen molar-refractivity contribution in [3.05, 3.63) is 29.3 Å². The first kappa shape index (κ1) is 11.5. The lowest BCUT2D eigenvalue weighted by Crippen LogP contribution is -2.34. The van der Waals surface area contributed by atoms with E-state index in [0.29, 0.717) is 12.1 Å². The summed E-state index contributed by atoms with van der Waals surface area (Å²) >= 11 is 0. The van der Waals surface area contributed by atoms with Crippen LogP contribution in [0.25, 0.3) is 0 Å². The Kier molecular flexibility index (Phi) is 3.49. The molecule has 1 aliphatic heterocycles. The maximum atomic E-state index is 5.45. The first-order valence-electron chi connectivity index (χ1n) is 6.11. The van der Waals surface area contributed by atoms with E-state index in [9.17, 15) is 0 Å². The number of rotatable bonds is 2. The monoisotopic (exact) mass is 219 g/mol. The fourth-order valence-corrected chi connectivity index (χ4v) is 2.51. The Morgan fingerprint density at radius 3 is 2.81 bits per heavy atom. The van der Waals surface area contributed by atoms with Crippen LogP contribution in [0.2, 0.25) is 0 Å². The molecule has 1 N–H and O–H groups in total. The van der Waals surface area contributed by atoms with Crippen molar-refractivity contribution in [3.8, 4) is 5.75 Å². The largest absolute Gasteiger partial charge is 0.496 e. The Morgan fingerprint density at radius 1 is 1.31 bits per heavy atom. The summed E-state index contributed by atoms with van der Waals surface area (Å²) in [5, 5.41) is 3.65. The third kappa shape index (κ3) is 2.38. The first-order chi connectivity index (χ1) is 7.70. The number of nitrogens with one attached hydrogen (secondary N) is 1. The minimum atomic E-state index is 0.457. The molecule has 1 saturated heterocycles. The average molecular weight is 219 g/mol. The van der Waals surface area contributed by atoms with Crippen LogP contribution in [0.4, 0.5) is 0 Å². The third-order valence-electron chi connectivity index (χ3n) is 3.38. The van der Waals surface area contributed by atoms with E-state index < -0.39 is 0 Å². The van der Waals surface area contributed by atoms with Gasteiger partial charge in [0.25, 0.3) is 0 Å². The predicted octanol–water partition coefficient (Wildman–Crippen LogP) is 3.21. The van der Waals surface area contributed by atoms with Gasteiger partial charge >= 0.3 is 0 Å². The molecule has 1 fully saturated rings. The minimum absolute atomic E-state index is 0.457. The molecule has 88 valence electrons. The van der Waals surface area contributed by atoms with Crippen molar-refractivity contribution in [1.82, 2.24) is 5.32 Å². The van der Waals surface area contributed by atoms with Gasteiger partial charge in [-0.2, -0.15) is 0 Å². The SMILES string of the molecule is COc1ccc(C)cc1C1CCCC(C)N1. The lowest BCUT2D eigenvalue weighted by molar-refractivity contribution is 0.328. The summed E-state index contributed by atoms with van der Waals surface area (Å²) in [6.45, 7) is 4.39. The zero-order chi connectivity index (χ0) is 11.5. The second kappa shape index (κ2) is 4.88. The van der Waals surface area contributed by atoms with Crippen molar-refractivity contribution in [3.63, 3.8) is 0 Å². The van der Waals surface area contributed by atoms with Gasteiger partial charge in [-0.3, -0.25) is 0 Å². The quantitative estimate of drug-likeness (QED) is 0.824. The molecule has 1 aliphatic rings. The zero-order valence-corrected chi connectivity index (χ0v) is 10.4. The summed E-state index contributed by atoms with van der Waals surface area (Å²) < 4.78 is 5.45. The van der Waals surface area contributed by atoms with Gasteiger partial charge in [-0.05, 0) is 32.8 Å². The van der Waals surface area contributed by atoms with Crippen LogP contribution < -0.4 is 10.1 Å². The molecule has 1 aromatic carbocycles. The topological polar surface area (TPSA) is 21.3 Å². The molecule has 2 nitrogen and oxygen atoms in total. The molecule has 1 heterocycles. The molecule has 0 bridgehead atoms. The summed E-state index contributed by atoms with van der Waals surface area (Å²) in [6, 6.07) is 7.50. The van der Waals surface area contributed by atoms with Crippen molar-refractivity contribution in [2.75, 3.05) is 7.11 Å². The number of piperidine rings is 1. The predicted molar refractivity (Wildman–Crippen MR) is 66.9 cm³/mol. The van der Waals surface area contributed by atoms with Gasteiger partial charge in [-0.25, -0.2) is 0 Å². The third-order valence-corrected chi connectivity index (χ3v) is 3.38. The highest BCUT2D eigenvalue weighted by atomic mass is 16.5. The molecule has 1 aromatic rings. The van der Waals surface area contributed by atoms with E-state index in [0.717, 1.165) is 5.75 Å². The molecular weight excluding hydrogens is 198 g/mol. The average Bonchev–Trinajstić information content (AvgIpc) is 2.29. The standard InChI is InChI=1S/C14H21NO/c1-10-7-8-14(16-3)12(9-10)13-6-4-5-11(2)15-13/h7-9,11,13,15H,4-6H2,1-3H3. The molecular formula is C14H21NO. The van der Waals surface area contributed by atoms with E-state index >= 15 is 0 Å². The molecule has 2 heteroatoms. The number of ether oxygens (including phenoxy) is 1. The second-order valence-corrected chi connectivity index (χ2v) is 4.80. The number of methoxy groups -OCH3 is 1. The Balaban J connectivity index is 2.26. The lowest BCUT2D eigenvalue weighted by atomic mass is 9.92. The van der Waals surface area contributed by atoms with Crippen LogP contribution in [0.1, 0.15) is 43.4 Å². The van der Waals surface area contributed by atoms with Crippen LogP contribution >= 0.6 is 0 Å². The normalized spacial score (nSPS) is 25.4. The van der Waals surface area contributed by atoms with Gasteiger partial charge in [0.2, 0.25) is 0 Å². The maximum absolute atomic E-state index is 5.45. The fraction of sp³-hybridized carbons (Fsp3) is 0.571. The van der Waals surface area contributed by atoms with E-state index in [4.69, 9.17) is 4.74 Å². The molecule has 0 amide bonds. The Morgan fingerprint density at radius 2 is 2.12 bits per heavy atom. The van der Waals surface area contributed by atoms with Crippen LogP contribution in [0.5, 0.6) is 5.75 Å². The molecule has 2 rings (SSSR count). The van der Waals surface area contributed by atoms with Crippen LogP contribution in [-0.2, 0) is 0 Å². The van der Waals surface area contributed by atoms with Gasteiger partial charge in [0.15, 0.2) is 0 Å². The van der Waals surface area contributed by atoms with E-state index in [1.54, 1.807) is 7.11 Å². The van der Waals surface area contributed by atoms with E-state index in [-0.39, 0.29) is 0 Å². The molecule has 0 saturated carbocycles. The molecule has 0 spiro atoms. The van der Waals surface area contributed by atoms with Crippen LogP contribution in [0, 0.1) is 6.92 Å². The van der Waals surface area contributed by atoms with Crippen LogP contribution in [0.15, 0.2) is 18.2 Å². The molecule has 0 aliphatic carbocycles. The highest BCUT2D eigenvalue weighted by molar-refractivity contribution is 5.39. The minimum Gasteiger partial charge on any atom is -0.496 e. The Hall–Kier alpha value is -1.02. The van der Waals surface area contributed by atoms with Crippen LogP contribution in [-0.4, -0.2) is 13.2 Å². The smallest absolute Gasteiger partial charge is 0.123 e. The summed E-state index contributed by atoms with van der Waals surface area (Å²) in [5.41, 5.74) is 2.62. The van der Waals surface area contributed by atoms with Gasteiger partial charge < -0.3 is 10.1 Å². The zero-order valence-electron chi connectivity index (χ0n) is 10.4. The van der Waals surface area contributed by atoms with E-state index in [1.165, 1.54) is 30.4 Å². The van der Waals surface area contributed by atoms with Gasteiger partial charge in [0.05, 0.1) is 7.11 Å². The Bertz CT molecular complexity index is 362. The molecule has 2 atom stereocenters. The summed E-state index contributed by atoms with van der Waals surface area (Å²) in [7, 11) is 1.75. The number of aryl methyl sites for hydroxylation is 1. The highest BCUT2D eigenvalue weighted by Gasteiger charge is 2.21. The van der Waals surface area contributed by atoms with Gasteiger partial charge in [-0.1, -0.05) is 24.1 Å². The van der Waals surface area contributed by atoms with Gasteiger partial charge in [-0.15, -0.1) is 0 Å². The van der Waals surface area contributed by atoms with Crippen molar-refractivity contribution in [1.29, 1.82) is 0 Å². The van der Waals surface area contributed by atoms with E-state index in [2.05, 4.69) is 37.4 Å². The summed E-state index contributed by atoms with van der Waals surface area (Å²) in [6.07, 6.45) is 3.80. The number of hydrogen-bond donors (Lipinski definition) is 1. The fourth-order valence-electron chi connectivity index (χ4n) is 2.51. The molecule has 0 aromatic heterocycles. The van der Waals surface area contributed by atoms with Crippen molar-refractivity contribution in [2.45, 2.75) is 45.2 Å².